The fourth-order valence-corrected chi connectivity index (χ4v) is 3.26. The van der Waals surface area contributed by atoms with Gasteiger partial charge in [0.05, 0.1) is 6.26 Å². The van der Waals surface area contributed by atoms with Crippen LogP contribution in [0.5, 0.6) is 0 Å². The monoisotopic (exact) mass is 393 g/mol. The van der Waals surface area contributed by atoms with E-state index in [4.69, 9.17) is 9.15 Å². The molecule has 2 heterocycles. The van der Waals surface area contributed by atoms with Crippen molar-refractivity contribution in [3.05, 3.63) is 24.2 Å². The molecule has 0 unspecified atom stereocenters. The van der Waals surface area contributed by atoms with Crippen LogP contribution in [0.3, 0.4) is 0 Å². The molecule has 1 aliphatic rings. The van der Waals surface area contributed by atoms with Gasteiger partial charge in [0.1, 0.15) is 12.4 Å². The highest BCUT2D eigenvalue weighted by Crippen LogP contribution is 2.03. The number of guanidine groups is 1. The zero-order chi connectivity index (χ0) is 19.9. The van der Waals surface area contributed by atoms with Crippen molar-refractivity contribution in [2.24, 2.45) is 4.99 Å². The summed E-state index contributed by atoms with van der Waals surface area (Å²) in [6, 6.07) is 3.81. The van der Waals surface area contributed by atoms with E-state index < -0.39 is 0 Å². The number of unbranched alkanes of at least 4 members (excludes halogenated alkanes) is 1. The maximum atomic E-state index is 5.59. The van der Waals surface area contributed by atoms with Gasteiger partial charge in [0.15, 0.2) is 5.96 Å². The molecule has 160 valence electrons. The van der Waals surface area contributed by atoms with Crippen molar-refractivity contribution in [1.29, 1.82) is 0 Å². The summed E-state index contributed by atoms with van der Waals surface area (Å²) in [5, 5.41) is 6.76. The zero-order valence-corrected chi connectivity index (χ0v) is 17.8. The molecule has 0 aromatic carbocycles. The number of rotatable bonds is 13. The number of nitrogens with one attached hydrogen (secondary N) is 2. The number of nitrogens with zero attached hydrogens (tertiary/aromatic N) is 3. The second-order valence-corrected chi connectivity index (χ2v) is 7.16. The fourth-order valence-electron chi connectivity index (χ4n) is 3.26. The Hall–Kier alpha value is -1.57. The van der Waals surface area contributed by atoms with Gasteiger partial charge in [0.25, 0.3) is 0 Å². The molecule has 0 aliphatic carbocycles. The van der Waals surface area contributed by atoms with E-state index in [2.05, 4.69) is 39.3 Å². The summed E-state index contributed by atoms with van der Waals surface area (Å²) in [4.78, 5) is 9.75. The predicted molar refractivity (Wildman–Crippen MR) is 115 cm³/mol. The van der Waals surface area contributed by atoms with Crippen LogP contribution < -0.4 is 10.6 Å². The van der Waals surface area contributed by atoms with Crippen molar-refractivity contribution in [2.45, 2.75) is 39.7 Å². The Balaban J connectivity index is 1.49. The van der Waals surface area contributed by atoms with Gasteiger partial charge in [0, 0.05) is 52.4 Å². The van der Waals surface area contributed by atoms with Gasteiger partial charge < -0.3 is 29.6 Å². The Bertz CT molecular complexity index is 513. The highest BCUT2D eigenvalue weighted by atomic mass is 16.5. The molecule has 1 saturated heterocycles. The Morgan fingerprint density at radius 1 is 1.11 bits per heavy atom. The maximum Gasteiger partial charge on any atom is 0.191 e. The highest BCUT2D eigenvalue weighted by molar-refractivity contribution is 5.79. The number of hydrogen-bond acceptors (Lipinski definition) is 5. The van der Waals surface area contributed by atoms with Crippen LogP contribution in [0.2, 0.25) is 0 Å². The summed E-state index contributed by atoms with van der Waals surface area (Å²) in [6.45, 7) is 15.4. The SMILES string of the molecule is CCNC(=NCCCOCc1ccco1)NCCCCN1CCN(CC)CC1. The van der Waals surface area contributed by atoms with Crippen molar-refractivity contribution in [1.82, 2.24) is 20.4 Å². The molecular weight excluding hydrogens is 354 g/mol. The number of aliphatic imine (C=N–C) groups is 1. The van der Waals surface area contributed by atoms with E-state index in [1.165, 1.54) is 52.1 Å². The Labute approximate surface area is 170 Å². The minimum atomic E-state index is 0.530. The lowest BCUT2D eigenvalue weighted by atomic mass is 10.2. The van der Waals surface area contributed by atoms with Crippen LogP contribution in [-0.2, 0) is 11.3 Å². The molecule has 7 nitrogen and oxygen atoms in total. The standard InChI is InChI=1S/C21H39N5O2/c1-3-22-21(24-11-8-17-27-19-20-9-7-18-28-20)23-10-5-6-12-26-15-13-25(4-2)14-16-26/h7,9,18H,3-6,8,10-17,19H2,1-2H3,(H2,22,23,24). The van der Waals surface area contributed by atoms with Crippen LogP contribution in [0, 0.1) is 0 Å². The maximum absolute atomic E-state index is 5.59. The molecule has 28 heavy (non-hydrogen) atoms. The van der Waals surface area contributed by atoms with E-state index >= 15 is 0 Å². The smallest absolute Gasteiger partial charge is 0.191 e. The third-order valence-corrected chi connectivity index (χ3v) is 4.99. The van der Waals surface area contributed by atoms with Gasteiger partial charge in [0.2, 0.25) is 0 Å². The van der Waals surface area contributed by atoms with Crippen LogP contribution in [0.1, 0.15) is 38.9 Å². The van der Waals surface area contributed by atoms with Gasteiger partial charge in [-0.25, -0.2) is 0 Å². The van der Waals surface area contributed by atoms with Crippen LogP contribution >= 0.6 is 0 Å². The number of ether oxygens (including phenoxy) is 1. The van der Waals surface area contributed by atoms with Crippen molar-refractivity contribution in [2.75, 3.05) is 65.5 Å². The Morgan fingerprint density at radius 2 is 1.93 bits per heavy atom. The van der Waals surface area contributed by atoms with Crippen LogP contribution in [0.25, 0.3) is 0 Å². The van der Waals surface area contributed by atoms with E-state index in [1.54, 1.807) is 6.26 Å². The lowest BCUT2D eigenvalue weighted by Gasteiger charge is -2.34. The molecule has 7 heteroatoms. The van der Waals surface area contributed by atoms with Crippen molar-refractivity contribution < 1.29 is 9.15 Å². The molecule has 0 saturated carbocycles. The number of likely N-dealkylation sites (N-methyl/N-ethyl adjacent to an activating group) is 1. The first-order valence-corrected chi connectivity index (χ1v) is 10.9. The molecule has 1 fully saturated rings. The first-order chi connectivity index (χ1) is 13.8. The van der Waals surface area contributed by atoms with Crippen LogP contribution in [0.15, 0.2) is 27.8 Å². The number of hydrogen-bond donors (Lipinski definition) is 2. The van der Waals surface area contributed by atoms with Gasteiger partial charge >= 0.3 is 0 Å². The quantitative estimate of drug-likeness (QED) is 0.304. The number of piperazine rings is 1. The molecule has 2 N–H and O–H groups in total. The molecular formula is C21H39N5O2. The first kappa shape index (κ1) is 22.7. The van der Waals surface area contributed by atoms with E-state index in [9.17, 15) is 0 Å². The van der Waals surface area contributed by atoms with Gasteiger partial charge in [-0.15, -0.1) is 0 Å². The highest BCUT2D eigenvalue weighted by Gasteiger charge is 2.14. The molecule has 1 aliphatic heterocycles. The summed E-state index contributed by atoms with van der Waals surface area (Å²) in [5.74, 6) is 1.77. The van der Waals surface area contributed by atoms with E-state index in [1.807, 2.05) is 12.1 Å². The van der Waals surface area contributed by atoms with Gasteiger partial charge in [-0.05, 0) is 51.4 Å². The zero-order valence-electron chi connectivity index (χ0n) is 17.8. The second kappa shape index (κ2) is 14.4. The van der Waals surface area contributed by atoms with Crippen LogP contribution in [0.4, 0.5) is 0 Å². The minimum absolute atomic E-state index is 0.530. The molecule has 1 aromatic rings. The van der Waals surface area contributed by atoms with Crippen molar-refractivity contribution in [3.8, 4) is 0 Å². The van der Waals surface area contributed by atoms with E-state index in [0.29, 0.717) is 13.2 Å². The normalized spacial score (nSPS) is 16.4. The number of furan rings is 1. The Morgan fingerprint density at radius 3 is 2.64 bits per heavy atom. The van der Waals surface area contributed by atoms with Crippen molar-refractivity contribution >= 4 is 5.96 Å². The molecule has 2 rings (SSSR count). The van der Waals surface area contributed by atoms with E-state index in [0.717, 1.165) is 37.8 Å². The minimum Gasteiger partial charge on any atom is -0.467 e. The summed E-state index contributed by atoms with van der Waals surface area (Å²) in [7, 11) is 0. The lowest BCUT2D eigenvalue weighted by molar-refractivity contribution is 0.105. The average Bonchev–Trinajstić information content (AvgIpc) is 3.24. The summed E-state index contributed by atoms with van der Waals surface area (Å²) < 4.78 is 10.8. The molecule has 0 radical (unpaired) electrons. The van der Waals surface area contributed by atoms with Gasteiger partial charge in [-0.1, -0.05) is 6.92 Å². The Kier molecular flexibility index (Phi) is 11.7. The lowest BCUT2D eigenvalue weighted by Crippen LogP contribution is -2.46. The average molecular weight is 394 g/mol. The second-order valence-electron chi connectivity index (χ2n) is 7.16. The predicted octanol–water partition coefficient (Wildman–Crippen LogP) is 2.16. The van der Waals surface area contributed by atoms with Crippen molar-refractivity contribution in [3.63, 3.8) is 0 Å². The molecule has 0 spiro atoms. The summed E-state index contributed by atoms with van der Waals surface area (Å²) in [6.07, 6.45) is 4.98. The van der Waals surface area contributed by atoms with Gasteiger partial charge in [-0.2, -0.15) is 0 Å². The third kappa shape index (κ3) is 9.57. The topological polar surface area (TPSA) is 65.3 Å². The molecule has 0 bridgehead atoms. The van der Waals surface area contributed by atoms with Crippen LogP contribution in [-0.4, -0.2) is 81.3 Å². The summed E-state index contributed by atoms with van der Waals surface area (Å²) >= 11 is 0. The third-order valence-electron chi connectivity index (χ3n) is 4.99. The molecule has 0 amide bonds. The van der Waals surface area contributed by atoms with E-state index in [-0.39, 0.29) is 0 Å². The first-order valence-electron chi connectivity index (χ1n) is 10.9. The van der Waals surface area contributed by atoms with Gasteiger partial charge in [-0.3, -0.25) is 4.99 Å². The molecule has 1 aromatic heterocycles. The summed E-state index contributed by atoms with van der Waals surface area (Å²) in [5.41, 5.74) is 0. The largest absolute Gasteiger partial charge is 0.467 e. The molecule has 0 atom stereocenters. The fraction of sp³-hybridized carbons (Fsp3) is 0.762.